The molecule has 24 heavy (non-hydrogen) atoms. The van der Waals surface area contributed by atoms with E-state index in [4.69, 9.17) is 14.3 Å². The van der Waals surface area contributed by atoms with Crippen molar-refractivity contribution in [2.75, 3.05) is 34.0 Å². The van der Waals surface area contributed by atoms with Crippen molar-refractivity contribution in [2.45, 2.75) is 58.1 Å². The molecule has 0 radical (unpaired) electrons. The number of hydroxylamine groups is 2. The van der Waals surface area contributed by atoms with Crippen LogP contribution in [0.15, 0.2) is 30.3 Å². The standard InChI is InChI=1S/C20H35NO3/c1-4-21(23-3)20(22-2)16-9-6-11-17-24-18-12-10-15-19-13-7-5-8-14-19/h5,7-8,13-14,20H,4,6,9-12,15-18H2,1-3H3. The summed E-state index contributed by atoms with van der Waals surface area (Å²) in [6.45, 7) is 4.65. The molecule has 0 saturated carbocycles. The summed E-state index contributed by atoms with van der Waals surface area (Å²) in [5.41, 5.74) is 1.42. The molecule has 0 fully saturated rings. The van der Waals surface area contributed by atoms with Gasteiger partial charge in [0.15, 0.2) is 0 Å². The van der Waals surface area contributed by atoms with Gasteiger partial charge in [0.2, 0.25) is 0 Å². The fourth-order valence-corrected chi connectivity index (χ4v) is 2.81. The highest BCUT2D eigenvalue weighted by atomic mass is 16.7. The molecule has 1 aromatic carbocycles. The Morgan fingerprint density at radius 2 is 1.62 bits per heavy atom. The lowest BCUT2D eigenvalue weighted by Gasteiger charge is -2.26. The van der Waals surface area contributed by atoms with E-state index in [1.165, 1.54) is 18.4 Å². The van der Waals surface area contributed by atoms with Gasteiger partial charge in [0.25, 0.3) is 0 Å². The zero-order valence-corrected chi connectivity index (χ0v) is 15.7. The normalized spacial score (nSPS) is 12.7. The van der Waals surface area contributed by atoms with E-state index in [2.05, 4.69) is 37.3 Å². The SMILES string of the molecule is CCN(OC)C(CCCCCOCCCCc1ccccc1)OC. The number of nitrogens with zero attached hydrogens (tertiary/aromatic N) is 1. The van der Waals surface area contributed by atoms with Crippen LogP contribution in [0.1, 0.15) is 51.0 Å². The van der Waals surface area contributed by atoms with Crippen LogP contribution in [0, 0.1) is 0 Å². The fraction of sp³-hybridized carbons (Fsp3) is 0.700. The van der Waals surface area contributed by atoms with Crippen LogP contribution in [0.2, 0.25) is 0 Å². The molecule has 0 saturated heterocycles. The topological polar surface area (TPSA) is 30.9 Å². The van der Waals surface area contributed by atoms with Gasteiger partial charge in [-0.1, -0.05) is 36.8 Å². The Bertz CT molecular complexity index is 382. The molecule has 138 valence electrons. The first-order valence-corrected chi connectivity index (χ1v) is 9.27. The van der Waals surface area contributed by atoms with Crippen LogP contribution in [0.4, 0.5) is 0 Å². The molecule has 0 aliphatic carbocycles. The average Bonchev–Trinajstić information content (AvgIpc) is 2.63. The Balaban J connectivity index is 1.91. The van der Waals surface area contributed by atoms with Crippen molar-refractivity contribution in [3.63, 3.8) is 0 Å². The smallest absolute Gasteiger partial charge is 0.132 e. The van der Waals surface area contributed by atoms with Gasteiger partial charge >= 0.3 is 0 Å². The second kappa shape index (κ2) is 14.4. The summed E-state index contributed by atoms with van der Waals surface area (Å²) < 4.78 is 11.2. The number of methoxy groups -OCH3 is 1. The maximum absolute atomic E-state index is 5.73. The minimum atomic E-state index is 0.0545. The Morgan fingerprint density at radius 3 is 2.25 bits per heavy atom. The highest BCUT2D eigenvalue weighted by Crippen LogP contribution is 2.11. The quantitative estimate of drug-likeness (QED) is 0.269. The largest absolute Gasteiger partial charge is 0.381 e. The molecule has 0 spiro atoms. The predicted octanol–water partition coefficient (Wildman–Crippen LogP) is 4.44. The van der Waals surface area contributed by atoms with Crippen molar-refractivity contribution >= 4 is 0 Å². The predicted molar refractivity (Wildman–Crippen MR) is 98.9 cm³/mol. The van der Waals surface area contributed by atoms with Crippen molar-refractivity contribution in [1.29, 1.82) is 0 Å². The van der Waals surface area contributed by atoms with E-state index in [1.807, 2.05) is 5.06 Å². The van der Waals surface area contributed by atoms with Crippen molar-refractivity contribution < 1.29 is 14.3 Å². The lowest BCUT2D eigenvalue weighted by molar-refractivity contribution is -0.229. The Morgan fingerprint density at radius 1 is 0.917 bits per heavy atom. The number of unbranched alkanes of at least 4 members (excludes halogenated alkanes) is 3. The molecule has 0 aliphatic rings. The van der Waals surface area contributed by atoms with Crippen LogP contribution in [0.5, 0.6) is 0 Å². The monoisotopic (exact) mass is 337 g/mol. The molecule has 0 bridgehead atoms. The number of ether oxygens (including phenoxy) is 2. The average molecular weight is 338 g/mol. The first kappa shape index (κ1) is 21.1. The maximum atomic E-state index is 5.73. The van der Waals surface area contributed by atoms with E-state index in [1.54, 1.807) is 14.2 Å². The lowest BCUT2D eigenvalue weighted by Crippen LogP contribution is -2.35. The van der Waals surface area contributed by atoms with Crippen LogP contribution in [-0.4, -0.2) is 45.3 Å². The first-order chi connectivity index (χ1) is 11.8. The number of benzene rings is 1. The molecule has 1 aromatic rings. The zero-order chi connectivity index (χ0) is 17.5. The van der Waals surface area contributed by atoms with E-state index in [0.717, 1.165) is 51.9 Å². The molecule has 0 heterocycles. The molecule has 0 N–H and O–H groups in total. The molecule has 0 aromatic heterocycles. The van der Waals surface area contributed by atoms with Crippen LogP contribution < -0.4 is 0 Å². The third-order valence-corrected chi connectivity index (χ3v) is 4.23. The van der Waals surface area contributed by atoms with E-state index in [-0.39, 0.29) is 6.23 Å². The van der Waals surface area contributed by atoms with Gasteiger partial charge < -0.3 is 9.47 Å². The van der Waals surface area contributed by atoms with Gasteiger partial charge in [-0.25, -0.2) is 0 Å². The highest BCUT2D eigenvalue weighted by molar-refractivity contribution is 5.14. The van der Waals surface area contributed by atoms with Crippen molar-refractivity contribution in [2.24, 2.45) is 0 Å². The van der Waals surface area contributed by atoms with E-state index < -0.39 is 0 Å². The second-order valence-electron chi connectivity index (χ2n) is 6.01. The maximum Gasteiger partial charge on any atom is 0.132 e. The molecule has 0 aliphatic heterocycles. The Kier molecular flexibility index (Phi) is 12.7. The third kappa shape index (κ3) is 9.38. The summed E-state index contributed by atoms with van der Waals surface area (Å²) in [6.07, 6.45) is 7.96. The van der Waals surface area contributed by atoms with E-state index >= 15 is 0 Å². The lowest BCUT2D eigenvalue weighted by atomic mass is 10.1. The highest BCUT2D eigenvalue weighted by Gasteiger charge is 2.15. The van der Waals surface area contributed by atoms with Crippen LogP contribution in [0.25, 0.3) is 0 Å². The minimum Gasteiger partial charge on any atom is -0.381 e. The Hall–Kier alpha value is -0.940. The summed E-state index contributed by atoms with van der Waals surface area (Å²) in [5.74, 6) is 0. The minimum absolute atomic E-state index is 0.0545. The van der Waals surface area contributed by atoms with Gasteiger partial charge in [0, 0.05) is 26.9 Å². The van der Waals surface area contributed by atoms with Crippen LogP contribution >= 0.6 is 0 Å². The zero-order valence-electron chi connectivity index (χ0n) is 15.7. The number of rotatable bonds is 15. The summed E-state index contributed by atoms with van der Waals surface area (Å²) >= 11 is 0. The van der Waals surface area contributed by atoms with Gasteiger partial charge in [-0.3, -0.25) is 4.84 Å². The van der Waals surface area contributed by atoms with E-state index in [0.29, 0.717) is 0 Å². The fourth-order valence-electron chi connectivity index (χ4n) is 2.81. The second-order valence-corrected chi connectivity index (χ2v) is 6.01. The van der Waals surface area contributed by atoms with Crippen molar-refractivity contribution in [3.05, 3.63) is 35.9 Å². The van der Waals surface area contributed by atoms with Crippen molar-refractivity contribution in [1.82, 2.24) is 5.06 Å². The van der Waals surface area contributed by atoms with Gasteiger partial charge in [-0.2, -0.15) is 5.06 Å². The van der Waals surface area contributed by atoms with E-state index in [9.17, 15) is 0 Å². The molecule has 1 unspecified atom stereocenters. The first-order valence-electron chi connectivity index (χ1n) is 9.27. The molecule has 1 atom stereocenters. The molecule has 0 amide bonds. The number of hydrogen-bond donors (Lipinski definition) is 0. The summed E-state index contributed by atoms with van der Waals surface area (Å²) in [5, 5.41) is 1.88. The number of aryl methyl sites for hydroxylation is 1. The molecular formula is C20H35NO3. The van der Waals surface area contributed by atoms with Gasteiger partial charge in [0.1, 0.15) is 6.23 Å². The summed E-state index contributed by atoms with van der Waals surface area (Å²) in [7, 11) is 3.44. The Labute approximate surface area is 148 Å². The number of hydrogen-bond acceptors (Lipinski definition) is 4. The van der Waals surface area contributed by atoms with Gasteiger partial charge in [-0.15, -0.1) is 0 Å². The summed E-state index contributed by atoms with van der Waals surface area (Å²) in [6, 6.07) is 10.7. The van der Waals surface area contributed by atoms with Crippen LogP contribution in [-0.2, 0) is 20.7 Å². The molecule has 4 heteroatoms. The van der Waals surface area contributed by atoms with Gasteiger partial charge in [-0.05, 0) is 51.0 Å². The molecular weight excluding hydrogens is 302 g/mol. The van der Waals surface area contributed by atoms with Gasteiger partial charge in [0.05, 0.1) is 7.11 Å². The molecule has 4 nitrogen and oxygen atoms in total. The molecule has 1 rings (SSSR count). The van der Waals surface area contributed by atoms with Crippen molar-refractivity contribution in [3.8, 4) is 0 Å². The summed E-state index contributed by atoms with van der Waals surface area (Å²) in [4.78, 5) is 5.30. The third-order valence-electron chi connectivity index (χ3n) is 4.23. The van der Waals surface area contributed by atoms with Crippen LogP contribution in [0.3, 0.4) is 0 Å².